The predicted molar refractivity (Wildman–Crippen MR) is 115 cm³/mol. The number of halogens is 1. The summed E-state index contributed by atoms with van der Waals surface area (Å²) in [5, 5.41) is 0. The van der Waals surface area contributed by atoms with Gasteiger partial charge >= 0.3 is 0 Å². The van der Waals surface area contributed by atoms with Crippen LogP contribution in [0.3, 0.4) is 0 Å². The van der Waals surface area contributed by atoms with Crippen molar-refractivity contribution in [3.05, 3.63) is 48.5 Å². The lowest BCUT2D eigenvalue weighted by Gasteiger charge is -2.29. The van der Waals surface area contributed by atoms with Crippen molar-refractivity contribution in [1.29, 1.82) is 0 Å². The second-order valence-corrected chi connectivity index (χ2v) is 8.68. The van der Waals surface area contributed by atoms with Gasteiger partial charge in [0.15, 0.2) is 0 Å². The summed E-state index contributed by atoms with van der Waals surface area (Å²) in [6.45, 7) is 18.8. The summed E-state index contributed by atoms with van der Waals surface area (Å²) in [5.41, 5.74) is -0.164. The Morgan fingerprint density at radius 2 is 2.04 bits per heavy atom. The maximum atomic E-state index is 13.3. The molecule has 0 amide bonds. The quantitative estimate of drug-likeness (QED) is 0.306. The molecule has 3 heteroatoms. The van der Waals surface area contributed by atoms with Crippen LogP contribution in [-0.2, 0) is 4.74 Å². The Kier molecular flexibility index (Phi) is 10.1. The first-order valence-electron chi connectivity index (χ1n) is 10.4. The molecule has 1 fully saturated rings. The maximum absolute atomic E-state index is 13.3. The van der Waals surface area contributed by atoms with E-state index >= 15 is 0 Å². The lowest BCUT2D eigenvalue weighted by molar-refractivity contribution is 0.0343. The average Bonchev–Trinajstić information content (AvgIpc) is 3.04. The first kappa shape index (κ1) is 23.7. The van der Waals surface area contributed by atoms with Gasteiger partial charge in [-0.2, -0.15) is 0 Å². The van der Waals surface area contributed by atoms with Gasteiger partial charge in [-0.1, -0.05) is 38.7 Å². The molecule has 2 nitrogen and oxygen atoms in total. The van der Waals surface area contributed by atoms with Crippen LogP contribution in [0.5, 0.6) is 0 Å². The molecule has 27 heavy (non-hydrogen) atoms. The summed E-state index contributed by atoms with van der Waals surface area (Å²) in [4.78, 5) is 2.59. The minimum Gasteiger partial charge on any atom is -0.493 e. The van der Waals surface area contributed by atoms with Crippen LogP contribution in [0.25, 0.3) is 0 Å². The zero-order valence-electron chi connectivity index (χ0n) is 18.3. The first-order valence-corrected chi connectivity index (χ1v) is 10.4. The van der Waals surface area contributed by atoms with Crippen molar-refractivity contribution in [3.8, 4) is 0 Å². The fourth-order valence-electron chi connectivity index (χ4n) is 3.67. The van der Waals surface area contributed by atoms with Crippen LogP contribution in [0.4, 0.5) is 4.39 Å². The number of rotatable bonds is 10. The fourth-order valence-corrected chi connectivity index (χ4v) is 3.67. The largest absolute Gasteiger partial charge is 0.493 e. The topological polar surface area (TPSA) is 12.5 Å². The number of nitrogens with zero attached hydrogens (tertiary/aromatic N) is 1. The van der Waals surface area contributed by atoms with E-state index in [-0.39, 0.29) is 11.4 Å². The minimum absolute atomic E-state index is 0.164. The Labute approximate surface area is 166 Å². The summed E-state index contributed by atoms with van der Waals surface area (Å²) in [5.74, 6) is 1.66. The van der Waals surface area contributed by atoms with Gasteiger partial charge in [0.2, 0.25) is 0 Å². The lowest BCUT2D eigenvalue weighted by Crippen LogP contribution is -2.35. The summed E-state index contributed by atoms with van der Waals surface area (Å²) >= 11 is 0. The van der Waals surface area contributed by atoms with Crippen LogP contribution >= 0.6 is 0 Å². The molecule has 1 rings (SSSR count). The van der Waals surface area contributed by atoms with Gasteiger partial charge < -0.3 is 9.64 Å². The Balaban J connectivity index is 2.47. The van der Waals surface area contributed by atoms with Crippen molar-refractivity contribution >= 4 is 0 Å². The highest BCUT2D eigenvalue weighted by molar-refractivity contribution is 5.17. The van der Waals surface area contributed by atoms with Gasteiger partial charge in [0.25, 0.3) is 0 Å². The minimum atomic E-state index is -0.203. The maximum Gasteiger partial charge on any atom is 0.122 e. The molecule has 0 aliphatic heterocycles. The van der Waals surface area contributed by atoms with E-state index in [1.54, 1.807) is 6.08 Å². The molecule has 0 aromatic carbocycles. The number of hydrogen-bond donors (Lipinski definition) is 0. The first-order chi connectivity index (χ1) is 12.7. The Hall–Kier alpha value is -1.35. The zero-order chi connectivity index (χ0) is 20.4. The average molecular weight is 378 g/mol. The Bertz CT molecular complexity index is 541. The van der Waals surface area contributed by atoms with Crippen molar-refractivity contribution in [2.45, 2.75) is 78.9 Å². The summed E-state index contributed by atoms with van der Waals surface area (Å²) in [6.07, 6.45) is 13.2. The highest BCUT2D eigenvalue weighted by Crippen LogP contribution is 2.35. The Morgan fingerprint density at radius 3 is 2.63 bits per heavy atom. The molecule has 1 aliphatic carbocycles. The van der Waals surface area contributed by atoms with E-state index < -0.39 is 0 Å². The van der Waals surface area contributed by atoms with Crippen molar-refractivity contribution in [2.75, 3.05) is 13.1 Å². The molecule has 0 radical (unpaired) electrons. The van der Waals surface area contributed by atoms with Gasteiger partial charge in [-0.3, -0.25) is 0 Å². The van der Waals surface area contributed by atoms with Crippen molar-refractivity contribution in [2.24, 2.45) is 11.8 Å². The third kappa shape index (κ3) is 9.41. The molecule has 0 heterocycles. The molecule has 0 aromatic heterocycles. The standard InChI is InChI=1S/C24H40FNO/c1-8-11-22(25)13-10-12-19(3)16-17-26(9-2)23-15-14-21(18-23)20(4)27-24(5,6)7/h8,10-13,19,21,23H,4,9,14-18H2,1-3,5-7H3/b11-8-,12-10+,22-13+/t19?,21-,23?/m0/s1. The Morgan fingerprint density at radius 1 is 1.33 bits per heavy atom. The third-order valence-electron chi connectivity index (χ3n) is 5.11. The van der Waals surface area contributed by atoms with Crippen LogP contribution < -0.4 is 0 Å². The summed E-state index contributed by atoms with van der Waals surface area (Å²) < 4.78 is 19.3. The molecular formula is C24H40FNO. The van der Waals surface area contributed by atoms with E-state index in [1.165, 1.54) is 25.0 Å². The summed E-state index contributed by atoms with van der Waals surface area (Å²) in [6, 6.07) is 0.614. The van der Waals surface area contributed by atoms with Gasteiger partial charge in [0, 0.05) is 12.0 Å². The normalized spacial score (nSPS) is 22.9. The molecule has 2 unspecified atom stereocenters. The van der Waals surface area contributed by atoms with Crippen LogP contribution in [0.1, 0.15) is 67.2 Å². The highest BCUT2D eigenvalue weighted by Gasteiger charge is 2.32. The molecule has 1 saturated carbocycles. The smallest absolute Gasteiger partial charge is 0.122 e. The SMILES string of the molecule is C=C(OC(C)(C)C)[C@H]1CCC(N(CC)CCC(C)/C=C/C=C(F)\C=C/C)C1. The molecule has 0 aromatic rings. The monoisotopic (exact) mass is 377 g/mol. The van der Waals surface area contributed by atoms with Crippen LogP contribution in [0, 0.1) is 11.8 Å². The summed E-state index contributed by atoms with van der Waals surface area (Å²) in [7, 11) is 0. The van der Waals surface area contributed by atoms with Crippen molar-refractivity contribution < 1.29 is 9.13 Å². The van der Waals surface area contributed by atoms with Gasteiger partial charge in [0.1, 0.15) is 11.4 Å². The van der Waals surface area contributed by atoms with E-state index in [9.17, 15) is 4.39 Å². The van der Waals surface area contributed by atoms with Crippen LogP contribution in [-0.4, -0.2) is 29.6 Å². The third-order valence-corrected chi connectivity index (χ3v) is 5.11. The molecule has 0 spiro atoms. The highest BCUT2D eigenvalue weighted by atomic mass is 19.1. The van der Waals surface area contributed by atoms with E-state index in [4.69, 9.17) is 4.74 Å². The van der Waals surface area contributed by atoms with Gasteiger partial charge in [-0.25, -0.2) is 4.39 Å². The molecule has 0 N–H and O–H groups in total. The molecule has 3 atom stereocenters. The van der Waals surface area contributed by atoms with Gasteiger partial charge in [0.05, 0.1) is 5.76 Å². The van der Waals surface area contributed by atoms with E-state index in [0.717, 1.165) is 31.7 Å². The molecule has 0 bridgehead atoms. The molecule has 1 aliphatic rings. The van der Waals surface area contributed by atoms with Crippen LogP contribution in [0.2, 0.25) is 0 Å². The van der Waals surface area contributed by atoms with Crippen molar-refractivity contribution in [3.63, 3.8) is 0 Å². The van der Waals surface area contributed by atoms with E-state index in [0.29, 0.717) is 17.9 Å². The number of ether oxygens (including phenoxy) is 1. The molecule has 0 saturated heterocycles. The number of hydrogen-bond acceptors (Lipinski definition) is 2. The molecule has 154 valence electrons. The van der Waals surface area contributed by atoms with Crippen molar-refractivity contribution in [1.82, 2.24) is 4.90 Å². The van der Waals surface area contributed by atoms with E-state index in [1.807, 2.05) is 13.0 Å². The van der Waals surface area contributed by atoms with Crippen LogP contribution in [0.15, 0.2) is 48.5 Å². The second-order valence-electron chi connectivity index (χ2n) is 8.68. The number of allylic oxidation sites excluding steroid dienone is 7. The fraction of sp³-hybridized carbons (Fsp3) is 0.667. The van der Waals surface area contributed by atoms with Gasteiger partial charge in [-0.15, -0.1) is 0 Å². The lowest BCUT2D eigenvalue weighted by atomic mass is 10.0. The zero-order valence-corrected chi connectivity index (χ0v) is 18.3. The second kappa shape index (κ2) is 11.5. The molecular weight excluding hydrogens is 337 g/mol. The van der Waals surface area contributed by atoms with Gasteiger partial charge in [-0.05, 0) is 84.5 Å². The van der Waals surface area contributed by atoms with E-state index in [2.05, 4.69) is 52.2 Å². The predicted octanol–water partition coefficient (Wildman–Crippen LogP) is 6.82.